The monoisotopic (exact) mass is 376 g/mol. The van der Waals surface area contributed by atoms with E-state index in [9.17, 15) is 23.7 Å². The number of hydrogen-bond acceptors (Lipinski definition) is 4. The van der Waals surface area contributed by atoms with Crippen LogP contribution in [0.2, 0.25) is 0 Å². The summed E-state index contributed by atoms with van der Waals surface area (Å²) in [5, 5.41) is 16.2. The van der Waals surface area contributed by atoms with Gasteiger partial charge in [-0.2, -0.15) is 0 Å². The van der Waals surface area contributed by atoms with Crippen LogP contribution in [-0.2, 0) is 0 Å². The van der Waals surface area contributed by atoms with E-state index >= 15 is 0 Å². The highest BCUT2D eigenvalue weighted by molar-refractivity contribution is 5.89. The summed E-state index contributed by atoms with van der Waals surface area (Å²) >= 11 is 0. The molecule has 0 spiro atoms. The first-order valence-electron chi connectivity index (χ1n) is 8.44. The number of nitrogens with one attached hydrogen (secondary N) is 2. The van der Waals surface area contributed by atoms with Crippen LogP contribution in [0, 0.1) is 21.7 Å². The van der Waals surface area contributed by atoms with Crippen LogP contribution in [-0.4, -0.2) is 30.1 Å². The Kier molecular flexibility index (Phi) is 5.49. The van der Waals surface area contributed by atoms with Gasteiger partial charge in [-0.05, 0) is 43.2 Å². The molecule has 2 amide bonds. The quantitative estimate of drug-likeness (QED) is 0.630. The van der Waals surface area contributed by atoms with Gasteiger partial charge in [0.05, 0.1) is 16.7 Å². The number of carbonyl (C=O) groups is 1. The van der Waals surface area contributed by atoms with E-state index < -0.39 is 10.7 Å². The van der Waals surface area contributed by atoms with Gasteiger partial charge in [-0.15, -0.1) is 0 Å². The van der Waals surface area contributed by atoms with Crippen molar-refractivity contribution in [3.05, 3.63) is 64.2 Å². The number of urea groups is 1. The molecule has 0 aromatic heterocycles. The highest BCUT2D eigenvalue weighted by Gasteiger charge is 2.23. The van der Waals surface area contributed by atoms with E-state index in [1.54, 1.807) is 4.90 Å². The van der Waals surface area contributed by atoms with Gasteiger partial charge in [0.1, 0.15) is 5.82 Å². The normalized spacial score (nSPS) is 14.7. The molecule has 2 N–H and O–H groups in total. The molecule has 1 fully saturated rings. The fourth-order valence-electron chi connectivity index (χ4n) is 3.02. The Bertz CT molecular complexity index is 837. The third kappa shape index (κ3) is 4.69. The zero-order valence-corrected chi connectivity index (χ0v) is 14.3. The predicted molar refractivity (Wildman–Crippen MR) is 96.8 cm³/mol. The number of rotatable bonds is 4. The lowest BCUT2D eigenvalue weighted by atomic mass is 10.0. The maximum Gasteiger partial charge on any atom is 0.319 e. The minimum absolute atomic E-state index is 0.0807. The number of anilines is 2. The van der Waals surface area contributed by atoms with Crippen molar-refractivity contribution in [1.29, 1.82) is 0 Å². The maximum atomic E-state index is 14.1. The number of non-ortho nitro benzene ring substituents is 1. The van der Waals surface area contributed by atoms with Crippen LogP contribution < -0.4 is 15.5 Å². The van der Waals surface area contributed by atoms with Gasteiger partial charge < -0.3 is 15.5 Å². The largest absolute Gasteiger partial charge is 0.369 e. The molecule has 1 saturated heterocycles. The minimum Gasteiger partial charge on any atom is -0.369 e. The number of nitrogens with zero attached hydrogens (tertiary/aromatic N) is 2. The lowest BCUT2D eigenvalue weighted by Gasteiger charge is -2.34. The molecule has 9 heteroatoms. The molecule has 7 nitrogen and oxygen atoms in total. The second-order valence-electron chi connectivity index (χ2n) is 6.26. The smallest absolute Gasteiger partial charge is 0.319 e. The van der Waals surface area contributed by atoms with E-state index in [1.807, 2.05) is 0 Å². The summed E-state index contributed by atoms with van der Waals surface area (Å²) in [7, 11) is 0. The van der Waals surface area contributed by atoms with Gasteiger partial charge in [-0.3, -0.25) is 10.1 Å². The Morgan fingerprint density at radius 1 is 1.11 bits per heavy atom. The van der Waals surface area contributed by atoms with Gasteiger partial charge in [0.15, 0.2) is 5.82 Å². The summed E-state index contributed by atoms with van der Waals surface area (Å²) in [5.41, 5.74) is 0.513. The lowest BCUT2D eigenvalue weighted by Crippen LogP contribution is -2.46. The van der Waals surface area contributed by atoms with Crippen molar-refractivity contribution in [2.24, 2.45) is 0 Å². The molecule has 0 aliphatic carbocycles. The number of benzene rings is 2. The van der Waals surface area contributed by atoms with Crippen LogP contribution in [0.1, 0.15) is 12.8 Å². The fraction of sp³-hybridized carbons (Fsp3) is 0.278. The van der Waals surface area contributed by atoms with Crippen molar-refractivity contribution in [3.8, 4) is 0 Å². The van der Waals surface area contributed by atoms with Crippen LogP contribution >= 0.6 is 0 Å². The SMILES string of the molecule is O=C(Nc1ccc(F)cc1)NC1CCN(c2ccc([N+](=O)[O-])cc2F)CC1. The highest BCUT2D eigenvalue weighted by Crippen LogP contribution is 2.26. The third-order valence-corrected chi connectivity index (χ3v) is 4.42. The molecule has 0 bridgehead atoms. The molecule has 0 radical (unpaired) electrons. The van der Waals surface area contributed by atoms with Crippen molar-refractivity contribution in [3.63, 3.8) is 0 Å². The molecule has 142 valence electrons. The summed E-state index contributed by atoms with van der Waals surface area (Å²) in [6, 6.07) is 8.57. The van der Waals surface area contributed by atoms with Crippen molar-refractivity contribution >= 4 is 23.1 Å². The average Bonchev–Trinajstić information content (AvgIpc) is 2.64. The summed E-state index contributed by atoms with van der Waals surface area (Å²) in [4.78, 5) is 23.9. The summed E-state index contributed by atoms with van der Waals surface area (Å²) in [5.74, 6) is -1.02. The van der Waals surface area contributed by atoms with Crippen molar-refractivity contribution in [2.75, 3.05) is 23.3 Å². The number of carbonyl (C=O) groups excluding carboxylic acids is 1. The first-order valence-corrected chi connectivity index (χ1v) is 8.44. The average molecular weight is 376 g/mol. The number of nitro benzene ring substituents is 1. The van der Waals surface area contributed by atoms with Gasteiger partial charge in [0, 0.05) is 30.9 Å². The van der Waals surface area contributed by atoms with E-state index in [0.29, 0.717) is 37.3 Å². The molecule has 0 atom stereocenters. The molecule has 27 heavy (non-hydrogen) atoms. The molecule has 3 rings (SSSR count). The van der Waals surface area contributed by atoms with Crippen molar-refractivity contribution < 1.29 is 18.5 Å². The van der Waals surface area contributed by atoms with Crippen LogP contribution in [0.15, 0.2) is 42.5 Å². The van der Waals surface area contributed by atoms with Crippen molar-refractivity contribution in [1.82, 2.24) is 5.32 Å². The maximum absolute atomic E-state index is 14.1. The standard InChI is InChI=1S/C18H18F2N4O3/c19-12-1-3-13(4-2-12)21-18(25)22-14-7-9-23(10-8-14)17-6-5-15(24(26)27)11-16(17)20/h1-6,11,14H,7-10H2,(H2,21,22,25). The molecular formula is C18H18F2N4O3. The number of hydrogen-bond donors (Lipinski definition) is 2. The van der Waals surface area contributed by atoms with Crippen LogP contribution in [0.4, 0.5) is 30.6 Å². The van der Waals surface area contributed by atoms with E-state index in [1.165, 1.54) is 36.4 Å². The molecule has 1 aliphatic heterocycles. The van der Waals surface area contributed by atoms with Gasteiger partial charge in [0.25, 0.3) is 5.69 Å². The number of piperidine rings is 1. The van der Waals surface area contributed by atoms with Gasteiger partial charge >= 0.3 is 6.03 Å². The molecule has 0 unspecified atom stereocenters. The molecular weight excluding hydrogens is 358 g/mol. The molecule has 2 aromatic rings. The van der Waals surface area contributed by atoms with Gasteiger partial charge in [-0.25, -0.2) is 13.6 Å². The molecule has 0 saturated carbocycles. The fourth-order valence-corrected chi connectivity index (χ4v) is 3.02. The van der Waals surface area contributed by atoms with E-state index in [0.717, 1.165) is 6.07 Å². The summed E-state index contributed by atoms with van der Waals surface area (Å²) < 4.78 is 27.0. The second kappa shape index (κ2) is 7.98. The Morgan fingerprint density at radius 3 is 2.37 bits per heavy atom. The first-order chi connectivity index (χ1) is 12.9. The summed E-state index contributed by atoms with van der Waals surface area (Å²) in [6.07, 6.45) is 1.21. The van der Waals surface area contributed by atoms with E-state index in [4.69, 9.17) is 0 Å². The zero-order valence-electron chi connectivity index (χ0n) is 14.3. The second-order valence-corrected chi connectivity index (χ2v) is 6.26. The molecule has 1 heterocycles. The van der Waals surface area contributed by atoms with Gasteiger partial charge in [-0.1, -0.05) is 0 Å². The highest BCUT2D eigenvalue weighted by atomic mass is 19.1. The van der Waals surface area contributed by atoms with Crippen LogP contribution in [0.25, 0.3) is 0 Å². The van der Waals surface area contributed by atoms with Gasteiger partial charge in [0.2, 0.25) is 0 Å². The van der Waals surface area contributed by atoms with E-state index in [2.05, 4.69) is 10.6 Å². The molecule has 2 aromatic carbocycles. The molecule has 1 aliphatic rings. The number of nitro groups is 1. The minimum atomic E-state index is -0.636. The van der Waals surface area contributed by atoms with Crippen LogP contribution in [0.5, 0.6) is 0 Å². The van der Waals surface area contributed by atoms with Crippen molar-refractivity contribution in [2.45, 2.75) is 18.9 Å². The Hall–Kier alpha value is -3.23. The van der Waals surface area contributed by atoms with E-state index in [-0.39, 0.29) is 23.6 Å². The summed E-state index contributed by atoms with van der Waals surface area (Å²) in [6.45, 7) is 1.02. The number of halogens is 2. The number of amides is 2. The Labute approximate surface area is 154 Å². The predicted octanol–water partition coefficient (Wildman–Crippen LogP) is 3.66. The lowest BCUT2D eigenvalue weighted by molar-refractivity contribution is -0.385. The Morgan fingerprint density at radius 2 is 1.78 bits per heavy atom. The topological polar surface area (TPSA) is 87.5 Å². The first kappa shape index (κ1) is 18.6. The Balaban J connectivity index is 1.52. The third-order valence-electron chi connectivity index (χ3n) is 4.42. The van der Waals surface area contributed by atoms with Crippen LogP contribution in [0.3, 0.4) is 0 Å². The zero-order chi connectivity index (χ0) is 19.4.